The molecule has 0 bridgehead atoms. The number of halogens is 1. The van der Waals surface area contributed by atoms with Crippen LogP contribution < -0.4 is 16.0 Å². The van der Waals surface area contributed by atoms with Crippen LogP contribution >= 0.6 is 22.6 Å². The average Bonchev–Trinajstić information content (AvgIpc) is 2.37. The highest BCUT2D eigenvalue weighted by Gasteiger charge is 2.05. The van der Waals surface area contributed by atoms with E-state index in [0.717, 1.165) is 3.57 Å². The molecule has 1 aromatic carbocycles. The maximum Gasteiger partial charge on any atom is 0.319 e. The summed E-state index contributed by atoms with van der Waals surface area (Å²) in [5.74, 6) is -0.255. The normalized spacial score (nSPS) is 9.79. The van der Waals surface area contributed by atoms with Crippen LogP contribution in [0.3, 0.4) is 0 Å². The summed E-state index contributed by atoms with van der Waals surface area (Å²) in [7, 11) is 1.55. The Hall–Kier alpha value is -1.35. The van der Waals surface area contributed by atoms with Gasteiger partial charge < -0.3 is 20.7 Å². The summed E-state index contributed by atoms with van der Waals surface area (Å²) in [6.45, 7) is 0.801. The number of carbonyl (C=O) groups is 2. The second-order valence-electron chi connectivity index (χ2n) is 3.66. The molecule has 3 amide bonds. The lowest BCUT2D eigenvalue weighted by Gasteiger charge is -2.08. The molecule has 0 saturated heterocycles. The van der Waals surface area contributed by atoms with Crippen molar-refractivity contribution in [1.82, 2.24) is 10.6 Å². The molecule has 1 rings (SSSR count). The van der Waals surface area contributed by atoms with Crippen molar-refractivity contribution in [2.24, 2.45) is 0 Å². The van der Waals surface area contributed by atoms with Crippen molar-refractivity contribution in [3.63, 3.8) is 0 Å². The number of carbonyl (C=O) groups excluding carboxylic acids is 2. The van der Waals surface area contributed by atoms with E-state index in [1.807, 2.05) is 18.2 Å². The molecule has 1 aromatic rings. The van der Waals surface area contributed by atoms with E-state index in [1.165, 1.54) is 0 Å². The molecule has 0 spiro atoms. The summed E-state index contributed by atoms with van der Waals surface area (Å²) in [4.78, 5) is 22.8. The molecular weight excluding hydrogens is 361 g/mol. The Morgan fingerprint density at radius 3 is 2.79 bits per heavy atom. The van der Waals surface area contributed by atoms with Gasteiger partial charge in [0.2, 0.25) is 5.91 Å². The van der Waals surface area contributed by atoms with Gasteiger partial charge in [-0.2, -0.15) is 0 Å². The summed E-state index contributed by atoms with van der Waals surface area (Å²) in [6.07, 6.45) is 0. The lowest BCUT2D eigenvalue weighted by Crippen LogP contribution is -2.39. The Labute approximate surface area is 125 Å². The fourth-order valence-corrected chi connectivity index (χ4v) is 1.80. The van der Waals surface area contributed by atoms with Gasteiger partial charge in [-0.15, -0.1) is 0 Å². The molecule has 0 aliphatic carbocycles. The van der Waals surface area contributed by atoms with E-state index in [0.29, 0.717) is 18.8 Å². The molecule has 0 aromatic heterocycles. The molecule has 7 heteroatoms. The highest BCUT2D eigenvalue weighted by atomic mass is 127. The van der Waals surface area contributed by atoms with Crippen LogP contribution in [-0.2, 0) is 9.53 Å². The van der Waals surface area contributed by atoms with Crippen LogP contribution in [0.25, 0.3) is 0 Å². The first-order valence-electron chi connectivity index (χ1n) is 5.68. The Morgan fingerprint density at radius 1 is 1.32 bits per heavy atom. The number of rotatable bonds is 6. The van der Waals surface area contributed by atoms with Crippen molar-refractivity contribution >= 4 is 40.2 Å². The number of hydrogen-bond donors (Lipinski definition) is 3. The number of nitrogens with one attached hydrogen (secondary N) is 3. The van der Waals surface area contributed by atoms with Gasteiger partial charge in [0.1, 0.15) is 0 Å². The number of hydrogen-bond acceptors (Lipinski definition) is 3. The third-order valence-electron chi connectivity index (χ3n) is 2.12. The number of methoxy groups -OCH3 is 1. The third-order valence-corrected chi connectivity index (χ3v) is 2.79. The lowest BCUT2D eigenvalue weighted by molar-refractivity contribution is -0.120. The van der Waals surface area contributed by atoms with Crippen LogP contribution in [0.1, 0.15) is 0 Å². The van der Waals surface area contributed by atoms with Gasteiger partial charge in [0.05, 0.1) is 13.2 Å². The maximum atomic E-state index is 11.5. The summed E-state index contributed by atoms with van der Waals surface area (Å²) in [6, 6.07) is 6.96. The van der Waals surface area contributed by atoms with Gasteiger partial charge in [-0.05, 0) is 40.8 Å². The predicted molar refractivity (Wildman–Crippen MR) is 81.1 cm³/mol. The predicted octanol–water partition coefficient (Wildman–Crippen LogP) is 1.18. The van der Waals surface area contributed by atoms with Gasteiger partial charge in [-0.25, -0.2) is 4.79 Å². The Bertz CT molecular complexity index is 440. The summed E-state index contributed by atoms with van der Waals surface area (Å²) in [5.41, 5.74) is 0.684. The fourth-order valence-electron chi connectivity index (χ4n) is 1.26. The topological polar surface area (TPSA) is 79.5 Å². The van der Waals surface area contributed by atoms with Crippen molar-refractivity contribution in [2.45, 2.75) is 0 Å². The van der Waals surface area contributed by atoms with Gasteiger partial charge in [-0.3, -0.25) is 4.79 Å². The number of anilines is 1. The van der Waals surface area contributed by atoms with Gasteiger partial charge in [0, 0.05) is 22.9 Å². The average molecular weight is 377 g/mol. The van der Waals surface area contributed by atoms with Gasteiger partial charge >= 0.3 is 6.03 Å². The van der Waals surface area contributed by atoms with E-state index >= 15 is 0 Å². The molecule has 19 heavy (non-hydrogen) atoms. The van der Waals surface area contributed by atoms with Gasteiger partial charge in [-0.1, -0.05) is 6.07 Å². The summed E-state index contributed by atoms with van der Waals surface area (Å²) in [5, 5.41) is 7.72. The molecular formula is C12H16IN3O3. The minimum Gasteiger partial charge on any atom is -0.383 e. The first-order valence-corrected chi connectivity index (χ1v) is 6.75. The van der Waals surface area contributed by atoms with Crippen LogP contribution in [0.15, 0.2) is 24.3 Å². The highest BCUT2D eigenvalue weighted by Crippen LogP contribution is 2.11. The molecule has 0 unspecified atom stereocenters. The third kappa shape index (κ3) is 6.97. The van der Waals surface area contributed by atoms with Crippen LogP contribution in [0, 0.1) is 3.57 Å². The van der Waals surface area contributed by atoms with Crippen molar-refractivity contribution in [1.29, 1.82) is 0 Å². The van der Waals surface area contributed by atoms with Gasteiger partial charge in [0.15, 0.2) is 0 Å². The molecule has 0 atom stereocenters. The smallest absolute Gasteiger partial charge is 0.319 e. The summed E-state index contributed by atoms with van der Waals surface area (Å²) >= 11 is 2.16. The van der Waals surface area contributed by atoms with Gasteiger partial charge in [0.25, 0.3) is 0 Å². The Balaban J connectivity index is 2.26. The molecule has 0 heterocycles. The molecule has 0 aliphatic rings. The quantitative estimate of drug-likeness (QED) is 0.515. The monoisotopic (exact) mass is 377 g/mol. The number of benzene rings is 1. The second-order valence-corrected chi connectivity index (χ2v) is 4.91. The van der Waals surface area contributed by atoms with Crippen LogP contribution in [-0.4, -0.2) is 38.7 Å². The van der Waals surface area contributed by atoms with E-state index in [-0.39, 0.29) is 12.5 Å². The zero-order valence-electron chi connectivity index (χ0n) is 10.5. The van der Waals surface area contributed by atoms with Crippen LogP contribution in [0.2, 0.25) is 0 Å². The number of ether oxygens (including phenoxy) is 1. The van der Waals surface area contributed by atoms with E-state index in [1.54, 1.807) is 13.2 Å². The molecule has 0 aliphatic heterocycles. The highest BCUT2D eigenvalue weighted by molar-refractivity contribution is 14.1. The van der Waals surface area contributed by atoms with Crippen molar-refractivity contribution < 1.29 is 14.3 Å². The standard InChI is InChI=1S/C12H16IN3O3/c1-19-6-5-14-11(17)8-15-12(18)16-10-4-2-3-9(13)7-10/h2-4,7H,5-6,8H2,1H3,(H,14,17)(H2,15,16,18). The SMILES string of the molecule is COCCNC(=O)CNC(=O)Nc1cccc(I)c1. The minimum atomic E-state index is -0.413. The molecule has 6 nitrogen and oxygen atoms in total. The summed E-state index contributed by atoms with van der Waals surface area (Å²) < 4.78 is 5.81. The van der Waals surface area contributed by atoms with E-state index in [4.69, 9.17) is 4.74 Å². The first-order chi connectivity index (χ1) is 9.11. The van der Waals surface area contributed by atoms with E-state index < -0.39 is 6.03 Å². The van der Waals surface area contributed by atoms with E-state index in [2.05, 4.69) is 38.5 Å². The lowest BCUT2D eigenvalue weighted by atomic mass is 10.3. The largest absolute Gasteiger partial charge is 0.383 e. The zero-order valence-corrected chi connectivity index (χ0v) is 12.7. The first kappa shape index (κ1) is 15.7. The Morgan fingerprint density at radius 2 is 2.11 bits per heavy atom. The fraction of sp³-hybridized carbons (Fsp3) is 0.333. The molecule has 0 radical (unpaired) electrons. The van der Waals surface area contributed by atoms with Crippen molar-refractivity contribution in [2.75, 3.05) is 32.1 Å². The molecule has 104 valence electrons. The van der Waals surface area contributed by atoms with Crippen molar-refractivity contribution in [3.05, 3.63) is 27.8 Å². The number of urea groups is 1. The Kier molecular flexibility index (Phi) is 7.19. The molecule has 3 N–H and O–H groups in total. The minimum absolute atomic E-state index is 0.0700. The van der Waals surface area contributed by atoms with Crippen LogP contribution in [0.4, 0.5) is 10.5 Å². The maximum absolute atomic E-state index is 11.5. The molecule has 0 saturated carbocycles. The van der Waals surface area contributed by atoms with Crippen molar-refractivity contribution in [3.8, 4) is 0 Å². The molecule has 0 fully saturated rings. The number of amides is 3. The van der Waals surface area contributed by atoms with E-state index in [9.17, 15) is 9.59 Å². The zero-order chi connectivity index (χ0) is 14.1. The van der Waals surface area contributed by atoms with Crippen LogP contribution in [0.5, 0.6) is 0 Å². The second kappa shape index (κ2) is 8.70.